The molecule has 2 fully saturated rings. The minimum Gasteiger partial charge on any atom is -0.325 e. The Kier molecular flexibility index (Phi) is 1.37. The van der Waals surface area contributed by atoms with Gasteiger partial charge in [-0.15, -0.1) is 0 Å². The van der Waals surface area contributed by atoms with Gasteiger partial charge in [-0.2, -0.15) is 0 Å². The predicted octanol–water partition coefficient (Wildman–Crippen LogP) is 1.09. The van der Waals surface area contributed by atoms with Crippen LogP contribution in [0.3, 0.4) is 0 Å². The topological polar surface area (TPSA) is 43.1 Å². The molecule has 2 aliphatic carbocycles. The summed E-state index contributed by atoms with van der Waals surface area (Å²) in [7, 11) is 0. The fourth-order valence-electron chi connectivity index (χ4n) is 2.76. The van der Waals surface area contributed by atoms with Gasteiger partial charge in [0.25, 0.3) is 0 Å². The highest BCUT2D eigenvalue weighted by Gasteiger charge is 2.44. The summed E-state index contributed by atoms with van der Waals surface area (Å²) in [4.78, 5) is 11.0. The monoisotopic (exact) mass is 153 g/mol. The van der Waals surface area contributed by atoms with Crippen LogP contribution in [-0.2, 0) is 4.79 Å². The zero-order chi connectivity index (χ0) is 8.06. The first kappa shape index (κ1) is 7.29. The standard InChI is InChI=1S/C9H15NO/c1-9(10)4-6-2-8(11)3-7(6)5-9/h6-7H,2-5,10H2,1H3/t6-,7+,9?. The van der Waals surface area contributed by atoms with E-state index in [-0.39, 0.29) is 5.54 Å². The van der Waals surface area contributed by atoms with Crippen molar-refractivity contribution in [2.75, 3.05) is 0 Å². The van der Waals surface area contributed by atoms with Gasteiger partial charge in [-0.1, -0.05) is 0 Å². The molecule has 0 bridgehead atoms. The number of hydrogen-bond donors (Lipinski definition) is 1. The molecule has 0 aromatic carbocycles. The van der Waals surface area contributed by atoms with Crippen LogP contribution in [0, 0.1) is 11.8 Å². The summed E-state index contributed by atoms with van der Waals surface area (Å²) in [6, 6.07) is 0. The highest BCUT2D eigenvalue weighted by atomic mass is 16.1. The Morgan fingerprint density at radius 3 is 2.27 bits per heavy atom. The number of rotatable bonds is 0. The Morgan fingerprint density at radius 2 is 1.82 bits per heavy atom. The van der Waals surface area contributed by atoms with E-state index in [1.54, 1.807) is 0 Å². The summed E-state index contributed by atoms with van der Waals surface area (Å²) in [5, 5.41) is 0. The van der Waals surface area contributed by atoms with E-state index < -0.39 is 0 Å². The quantitative estimate of drug-likeness (QED) is 0.566. The first-order valence-corrected chi connectivity index (χ1v) is 4.37. The minimum atomic E-state index is 0.0238. The summed E-state index contributed by atoms with van der Waals surface area (Å²) >= 11 is 0. The van der Waals surface area contributed by atoms with Gasteiger partial charge in [0.05, 0.1) is 0 Å². The summed E-state index contributed by atoms with van der Waals surface area (Å²) in [5.74, 6) is 1.70. The van der Waals surface area contributed by atoms with Gasteiger partial charge in [-0.25, -0.2) is 0 Å². The molecule has 0 heterocycles. The van der Waals surface area contributed by atoms with Crippen LogP contribution >= 0.6 is 0 Å². The Labute approximate surface area is 67.1 Å². The number of nitrogens with two attached hydrogens (primary N) is 1. The van der Waals surface area contributed by atoms with Gasteiger partial charge >= 0.3 is 0 Å². The van der Waals surface area contributed by atoms with E-state index in [9.17, 15) is 4.79 Å². The van der Waals surface area contributed by atoms with E-state index >= 15 is 0 Å². The van der Waals surface area contributed by atoms with Crippen LogP contribution in [0.4, 0.5) is 0 Å². The summed E-state index contributed by atoms with van der Waals surface area (Å²) < 4.78 is 0. The highest BCUT2D eigenvalue weighted by molar-refractivity contribution is 5.81. The van der Waals surface area contributed by atoms with Crippen LogP contribution in [0.5, 0.6) is 0 Å². The van der Waals surface area contributed by atoms with Crippen molar-refractivity contribution >= 4 is 5.78 Å². The van der Waals surface area contributed by atoms with Crippen molar-refractivity contribution in [3.63, 3.8) is 0 Å². The van der Waals surface area contributed by atoms with Crippen molar-refractivity contribution in [1.29, 1.82) is 0 Å². The lowest BCUT2D eigenvalue weighted by atomic mass is 9.98. The van der Waals surface area contributed by atoms with Gasteiger partial charge in [0.15, 0.2) is 0 Å². The molecule has 0 aromatic heterocycles. The largest absolute Gasteiger partial charge is 0.325 e. The zero-order valence-corrected chi connectivity index (χ0v) is 6.97. The highest BCUT2D eigenvalue weighted by Crippen LogP contribution is 2.45. The van der Waals surface area contributed by atoms with Gasteiger partial charge < -0.3 is 5.73 Å². The average Bonchev–Trinajstić information content (AvgIpc) is 2.17. The molecule has 0 amide bonds. The van der Waals surface area contributed by atoms with Gasteiger partial charge in [-0.05, 0) is 31.6 Å². The maximum atomic E-state index is 11.0. The van der Waals surface area contributed by atoms with Crippen molar-refractivity contribution in [2.45, 2.75) is 38.1 Å². The smallest absolute Gasteiger partial charge is 0.133 e. The van der Waals surface area contributed by atoms with E-state index in [1.807, 2.05) is 0 Å². The molecule has 2 aliphatic rings. The maximum Gasteiger partial charge on any atom is 0.133 e. The van der Waals surface area contributed by atoms with Crippen molar-refractivity contribution < 1.29 is 4.79 Å². The van der Waals surface area contributed by atoms with Crippen LogP contribution in [0.1, 0.15) is 32.6 Å². The third-order valence-electron chi connectivity index (χ3n) is 3.10. The lowest BCUT2D eigenvalue weighted by Gasteiger charge is -2.17. The summed E-state index contributed by atoms with van der Waals surface area (Å²) in [5.41, 5.74) is 6.03. The van der Waals surface area contributed by atoms with E-state index in [4.69, 9.17) is 5.73 Å². The molecule has 0 aliphatic heterocycles. The molecule has 0 radical (unpaired) electrons. The maximum absolute atomic E-state index is 11.0. The minimum absolute atomic E-state index is 0.0238. The van der Waals surface area contributed by atoms with Crippen LogP contribution in [-0.4, -0.2) is 11.3 Å². The first-order valence-electron chi connectivity index (χ1n) is 4.37. The molecule has 1 unspecified atom stereocenters. The molecule has 2 rings (SSSR count). The van der Waals surface area contributed by atoms with Crippen molar-refractivity contribution in [3.05, 3.63) is 0 Å². The Balaban J connectivity index is 2.09. The van der Waals surface area contributed by atoms with Crippen molar-refractivity contribution in [2.24, 2.45) is 17.6 Å². The second-order valence-corrected chi connectivity index (χ2v) is 4.53. The number of Topliss-reactive ketones (excluding diaryl/α,β-unsaturated/α-hetero) is 1. The van der Waals surface area contributed by atoms with Crippen LogP contribution in [0.25, 0.3) is 0 Å². The summed E-state index contributed by atoms with van der Waals surface area (Å²) in [6.45, 7) is 2.11. The molecule has 0 saturated heterocycles. The normalized spacial score (nSPS) is 49.8. The van der Waals surface area contributed by atoms with Crippen LogP contribution < -0.4 is 5.73 Å². The Morgan fingerprint density at radius 1 is 1.36 bits per heavy atom. The fraction of sp³-hybridized carbons (Fsp3) is 0.889. The second-order valence-electron chi connectivity index (χ2n) is 4.53. The third-order valence-corrected chi connectivity index (χ3v) is 3.10. The van der Waals surface area contributed by atoms with Crippen LogP contribution in [0.15, 0.2) is 0 Å². The fourth-order valence-corrected chi connectivity index (χ4v) is 2.76. The molecule has 3 atom stereocenters. The second kappa shape index (κ2) is 2.07. The van der Waals surface area contributed by atoms with Gasteiger partial charge in [0.1, 0.15) is 5.78 Å². The van der Waals surface area contributed by atoms with Crippen molar-refractivity contribution in [3.8, 4) is 0 Å². The first-order chi connectivity index (χ1) is 5.07. The Hall–Kier alpha value is -0.370. The van der Waals surface area contributed by atoms with E-state index in [0.717, 1.165) is 25.7 Å². The molecule has 11 heavy (non-hydrogen) atoms. The lowest BCUT2D eigenvalue weighted by Crippen LogP contribution is -2.33. The SMILES string of the molecule is CC1(N)C[C@H]2CC(=O)C[C@H]2C1. The Bertz CT molecular complexity index is 180. The number of fused-ring (bicyclic) bond motifs is 1. The summed E-state index contributed by atoms with van der Waals surface area (Å²) in [6.07, 6.45) is 3.72. The van der Waals surface area contributed by atoms with Gasteiger partial charge in [0.2, 0.25) is 0 Å². The zero-order valence-electron chi connectivity index (χ0n) is 6.97. The molecule has 2 N–H and O–H groups in total. The predicted molar refractivity (Wildman–Crippen MR) is 43.0 cm³/mol. The van der Waals surface area contributed by atoms with E-state index in [0.29, 0.717) is 17.6 Å². The third kappa shape index (κ3) is 1.20. The average molecular weight is 153 g/mol. The molecule has 2 heteroatoms. The van der Waals surface area contributed by atoms with E-state index in [2.05, 4.69) is 6.92 Å². The van der Waals surface area contributed by atoms with Crippen LogP contribution in [0.2, 0.25) is 0 Å². The molecular weight excluding hydrogens is 138 g/mol. The number of carbonyl (C=O) groups excluding carboxylic acids is 1. The van der Waals surface area contributed by atoms with Crippen molar-refractivity contribution in [1.82, 2.24) is 0 Å². The number of hydrogen-bond acceptors (Lipinski definition) is 2. The molecular formula is C9H15NO. The van der Waals surface area contributed by atoms with Gasteiger partial charge in [-0.3, -0.25) is 4.79 Å². The molecule has 0 spiro atoms. The molecule has 62 valence electrons. The molecule has 0 aromatic rings. The lowest BCUT2D eigenvalue weighted by molar-refractivity contribution is -0.117. The molecule has 2 saturated carbocycles. The number of carbonyl (C=O) groups is 1. The molecule has 2 nitrogen and oxygen atoms in total. The van der Waals surface area contributed by atoms with Gasteiger partial charge in [0, 0.05) is 18.4 Å². The van der Waals surface area contributed by atoms with E-state index in [1.165, 1.54) is 0 Å². The number of ketones is 1.